The molecular formula is C22H27ClFN5O4. The van der Waals surface area contributed by atoms with Crippen LogP contribution >= 0.6 is 11.6 Å². The van der Waals surface area contributed by atoms with Crippen LogP contribution in [-0.4, -0.2) is 38.3 Å². The quantitative estimate of drug-likeness (QED) is 0.324. The van der Waals surface area contributed by atoms with Gasteiger partial charge in [-0.25, -0.2) is 14.0 Å². The molecule has 0 aliphatic carbocycles. The van der Waals surface area contributed by atoms with Gasteiger partial charge in [0, 0.05) is 26.1 Å². The number of amides is 1. The molecule has 0 spiro atoms. The van der Waals surface area contributed by atoms with Crippen molar-refractivity contribution in [3.8, 4) is 0 Å². The van der Waals surface area contributed by atoms with Crippen LogP contribution in [0.1, 0.15) is 38.2 Å². The zero-order valence-electron chi connectivity index (χ0n) is 18.4. The highest BCUT2D eigenvalue weighted by molar-refractivity contribution is 6.28. The fraction of sp³-hybridized carbons (Fsp3) is 0.455. The van der Waals surface area contributed by atoms with Crippen LogP contribution < -0.4 is 16.6 Å². The smallest absolute Gasteiger partial charge is 0.407 e. The molecule has 1 amide bonds. The Morgan fingerprint density at radius 3 is 2.70 bits per heavy atom. The number of alkyl carbamates (subject to hydrolysis) is 1. The first-order chi connectivity index (χ1) is 15.9. The van der Waals surface area contributed by atoms with Crippen LogP contribution in [-0.2, 0) is 24.2 Å². The molecule has 33 heavy (non-hydrogen) atoms. The van der Waals surface area contributed by atoms with Gasteiger partial charge in [0.05, 0.1) is 6.61 Å². The maximum Gasteiger partial charge on any atom is 0.407 e. The Labute approximate surface area is 194 Å². The molecule has 0 unspecified atom stereocenters. The van der Waals surface area contributed by atoms with Crippen molar-refractivity contribution >= 4 is 28.9 Å². The minimum absolute atomic E-state index is 0.0337. The lowest BCUT2D eigenvalue weighted by Gasteiger charge is -2.11. The molecule has 2 N–H and O–H groups in total. The van der Waals surface area contributed by atoms with E-state index in [1.54, 1.807) is 18.2 Å². The number of benzene rings is 1. The number of aryl methyl sites for hydroxylation is 1. The first kappa shape index (κ1) is 24.5. The van der Waals surface area contributed by atoms with Crippen molar-refractivity contribution in [2.45, 2.75) is 52.1 Å². The van der Waals surface area contributed by atoms with E-state index in [1.165, 1.54) is 10.6 Å². The zero-order valence-corrected chi connectivity index (χ0v) is 19.2. The SMILES string of the molecule is CCCCCn1c(=O)n(CCCNC(=O)OCCc2ccccc2F)c(=O)c2[nH]c(Cl)nc21. The summed E-state index contributed by atoms with van der Waals surface area (Å²) in [5.74, 6) is -0.345. The van der Waals surface area contributed by atoms with E-state index in [9.17, 15) is 18.8 Å². The summed E-state index contributed by atoms with van der Waals surface area (Å²) in [4.78, 5) is 44.3. The maximum atomic E-state index is 13.6. The summed E-state index contributed by atoms with van der Waals surface area (Å²) < 4.78 is 21.2. The van der Waals surface area contributed by atoms with E-state index in [4.69, 9.17) is 16.3 Å². The highest BCUT2D eigenvalue weighted by Gasteiger charge is 2.16. The number of aromatic nitrogens is 4. The summed E-state index contributed by atoms with van der Waals surface area (Å²) in [5, 5.41) is 2.61. The van der Waals surface area contributed by atoms with E-state index in [1.807, 2.05) is 0 Å². The van der Waals surface area contributed by atoms with Gasteiger partial charge in [0.2, 0.25) is 5.28 Å². The van der Waals surface area contributed by atoms with Crippen molar-refractivity contribution < 1.29 is 13.9 Å². The molecule has 0 fully saturated rings. The van der Waals surface area contributed by atoms with E-state index in [0.29, 0.717) is 18.5 Å². The Morgan fingerprint density at radius 1 is 1.18 bits per heavy atom. The second-order valence-electron chi connectivity index (χ2n) is 7.58. The molecule has 0 saturated carbocycles. The van der Waals surface area contributed by atoms with Gasteiger partial charge in [-0.1, -0.05) is 38.0 Å². The standard InChI is InChI=1S/C22H27ClFN5O4/c1-2-3-6-12-28-18-17(26-20(23)27-18)19(30)29(22(28)32)13-7-11-25-21(31)33-14-10-15-8-4-5-9-16(15)24/h4-5,8-9H,2-3,6-7,10-14H2,1H3,(H,25,31)(H,26,27). The topological polar surface area (TPSA) is 111 Å². The van der Waals surface area contributed by atoms with Gasteiger partial charge >= 0.3 is 11.8 Å². The number of rotatable bonds is 11. The number of unbranched alkanes of at least 4 members (excludes halogenated alkanes) is 2. The summed E-state index contributed by atoms with van der Waals surface area (Å²) in [6.07, 6.45) is 2.65. The minimum Gasteiger partial charge on any atom is -0.449 e. The van der Waals surface area contributed by atoms with E-state index in [-0.39, 0.29) is 48.4 Å². The molecule has 3 aromatic rings. The molecule has 0 saturated heterocycles. The average Bonchev–Trinajstić information content (AvgIpc) is 3.18. The van der Waals surface area contributed by atoms with Gasteiger partial charge in [0.25, 0.3) is 5.56 Å². The third-order valence-electron chi connectivity index (χ3n) is 5.21. The van der Waals surface area contributed by atoms with E-state index < -0.39 is 17.3 Å². The Hall–Kier alpha value is -3.14. The third-order valence-corrected chi connectivity index (χ3v) is 5.39. The number of hydrogen-bond donors (Lipinski definition) is 2. The van der Waals surface area contributed by atoms with Crippen LogP contribution in [0.4, 0.5) is 9.18 Å². The number of nitrogens with one attached hydrogen (secondary N) is 2. The summed E-state index contributed by atoms with van der Waals surface area (Å²) in [5.41, 5.74) is -0.0717. The van der Waals surface area contributed by atoms with E-state index in [0.717, 1.165) is 23.8 Å². The number of carbonyl (C=O) groups is 1. The number of nitrogens with zero attached hydrogens (tertiary/aromatic N) is 3. The van der Waals surface area contributed by atoms with Crippen molar-refractivity contribution in [3.63, 3.8) is 0 Å². The highest BCUT2D eigenvalue weighted by Crippen LogP contribution is 2.11. The molecule has 11 heteroatoms. The summed E-state index contributed by atoms with van der Waals surface area (Å²) in [7, 11) is 0. The zero-order chi connectivity index (χ0) is 23.8. The Morgan fingerprint density at radius 2 is 1.94 bits per heavy atom. The maximum absolute atomic E-state index is 13.6. The van der Waals surface area contributed by atoms with Crippen LogP contribution in [0, 0.1) is 5.82 Å². The van der Waals surface area contributed by atoms with Gasteiger partial charge in [0.1, 0.15) is 5.82 Å². The monoisotopic (exact) mass is 479 g/mol. The summed E-state index contributed by atoms with van der Waals surface area (Å²) in [6.45, 7) is 2.82. The molecule has 178 valence electrons. The number of ether oxygens (including phenoxy) is 1. The van der Waals surface area contributed by atoms with E-state index >= 15 is 0 Å². The molecule has 9 nitrogen and oxygen atoms in total. The van der Waals surface area contributed by atoms with Crippen molar-refractivity contribution in [2.24, 2.45) is 0 Å². The Kier molecular flexibility index (Phi) is 8.65. The second kappa shape index (κ2) is 11.6. The van der Waals surface area contributed by atoms with Crippen molar-refractivity contribution in [2.75, 3.05) is 13.2 Å². The second-order valence-corrected chi connectivity index (χ2v) is 7.94. The molecule has 0 aliphatic heterocycles. The van der Waals surface area contributed by atoms with Gasteiger partial charge in [-0.15, -0.1) is 0 Å². The van der Waals surface area contributed by atoms with Gasteiger partial charge < -0.3 is 15.0 Å². The molecule has 0 atom stereocenters. The van der Waals surface area contributed by atoms with Gasteiger partial charge in [-0.2, -0.15) is 4.98 Å². The molecule has 3 rings (SSSR count). The molecule has 0 radical (unpaired) electrons. The minimum atomic E-state index is -0.647. The van der Waals surface area contributed by atoms with Crippen LogP contribution in [0.5, 0.6) is 0 Å². The van der Waals surface area contributed by atoms with Crippen molar-refractivity contribution in [1.29, 1.82) is 0 Å². The van der Waals surface area contributed by atoms with Crippen LogP contribution in [0.15, 0.2) is 33.9 Å². The Balaban J connectivity index is 1.56. The third kappa shape index (κ3) is 6.22. The van der Waals surface area contributed by atoms with Crippen molar-refractivity contribution in [1.82, 2.24) is 24.4 Å². The molecule has 2 heterocycles. The van der Waals surface area contributed by atoms with Crippen LogP contribution in [0.25, 0.3) is 11.2 Å². The Bertz CT molecular complexity index is 1220. The van der Waals surface area contributed by atoms with Crippen LogP contribution in [0.2, 0.25) is 5.28 Å². The predicted molar refractivity (Wildman–Crippen MR) is 123 cm³/mol. The van der Waals surface area contributed by atoms with E-state index in [2.05, 4.69) is 22.2 Å². The fourth-order valence-electron chi connectivity index (χ4n) is 3.49. The van der Waals surface area contributed by atoms with Gasteiger partial charge in [0.15, 0.2) is 11.2 Å². The highest BCUT2D eigenvalue weighted by atomic mass is 35.5. The van der Waals surface area contributed by atoms with Gasteiger partial charge in [-0.05, 0) is 36.1 Å². The fourth-order valence-corrected chi connectivity index (χ4v) is 3.67. The molecule has 0 bridgehead atoms. The van der Waals surface area contributed by atoms with Crippen LogP contribution in [0.3, 0.4) is 0 Å². The normalized spacial score (nSPS) is 11.1. The molecule has 0 aliphatic rings. The molecule has 1 aromatic carbocycles. The predicted octanol–water partition coefficient (Wildman–Crippen LogP) is 3.23. The number of imidazole rings is 1. The van der Waals surface area contributed by atoms with Gasteiger partial charge in [-0.3, -0.25) is 13.9 Å². The lowest BCUT2D eigenvalue weighted by molar-refractivity contribution is 0.147. The number of H-pyrrole nitrogens is 1. The lowest BCUT2D eigenvalue weighted by atomic mass is 10.1. The van der Waals surface area contributed by atoms with Crippen molar-refractivity contribution in [3.05, 3.63) is 61.8 Å². The number of carbonyl (C=O) groups excluding carboxylic acids is 1. The number of aromatic amines is 1. The first-order valence-electron chi connectivity index (χ1n) is 10.9. The number of fused-ring (bicyclic) bond motifs is 1. The molecule has 2 aromatic heterocycles. The molecular weight excluding hydrogens is 453 g/mol. The lowest BCUT2D eigenvalue weighted by Crippen LogP contribution is -2.41. The number of hydrogen-bond acceptors (Lipinski definition) is 5. The number of halogens is 2. The largest absolute Gasteiger partial charge is 0.449 e. The first-order valence-corrected chi connectivity index (χ1v) is 11.3. The average molecular weight is 480 g/mol. The summed E-state index contributed by atoms with van der Waals surface area (Å²) >= 11 is 5.93. The summed E-state index contributed by atoms with van der Waals surface area (Å²) in [6, 6.07) is 6.29.